The molecule has 0 bridgehead atoms. The molecule has 1 aromatic carbocycles. The number of hydrogen-bond acceptors (Lipinski definition) is 6. The zero-order valence-electron chi connectivity index (χ0n) is 20.6. The quantitative estimate of drug-likeness (QED) is 0.314. The monoisotopic (exact) mass is 568 g/mol. The maximum atomic E-state index is 13.4. The molecule has 186 valence electrons. The average molecular weight is 570 g/mol. The Morgan fingerprint density at radius 2 is 1.86 bits per heavy atom. The van der Waals surface area contributed by atoms with Gasteiger partial charge in [0.2, 0.25) is 0 Å². The van der Waals surface area contributed by atoms with Crippen molar-refractivity contribution in [3.8, 4) is 22.8 Å². The van der Waals surface area contributed by atoms with Gasteiger partial charge in [0.15, 0.2) is 5.82 Å². The lowest BCUT2D eigenvalue weighted by Crippen LogP contribution is -2.23. The van der Waals surface area contributed by atoms with Crippen LogP contribution in [0.15, 0.2) is 58.1 Å². The van der Waals surface area contributed by atoms with E-state index in [-0.39, 0.29) is 15.9 Å². The number of pyridine rings is 2. The number of halogens is 2. The van der Waals surface area contributed by atoms with Gasteiger partial charge < -0.3 is 9.84 Å². The van der Waals surface area contributed by atoms with E-state index in [1.165, 1.54) is 10.8 Å². The fraction of sp³-hybridized carbons (Fsp3) is 0.259. The van der Waals surface area contributed by atoms with Gasteiger partial charge in [-0.05, 0) is 67.7 Å². The molecule has 0 saturated heterocycles. The van der Waals surface area contributed by atoms with Crippen molar-refractivity contribution >= 4 is 27.5 Å². The van der Waals surface area contributed by atoms with E-state index in [0.717, 1.165) is 16.7 Å². The van der Waals surface area contributed by atoms with Crippen LogP contribution in [0, 0.1) is 20.8 Å². The zero-order chi connectivity index (χ0) is 26.2. The Balaban J connectivity index is 1.75. The Labute approximate surface area is 222 Å². The van der Waals surface area contributed by atoms with Crippen LogP contribution in [0.4, 0.5) is 0 Å². The molecule has 1 N–H and O–H groups in total. The van der Waals surface area contributed by atoms with Crippen molar-refractivity contribution in [2.75, 3.05) is 0 Å². The molecular weight excluding hydrogens is 544 g/mol. The summed E-state index contributed by atoms with van der Waals surface area (Å²) in [7, 11) is 0. The van der Waals surface area contributed by atoms with E-state index in [0.29, 0.717) is 40.1 Å². The van der Waals surface area contributed by atoms with E-state index in [2.05, 4.69) is 30.9 Å². The minimum atomic E-state index is -1.22. The molecule has 9 heteroatoms. The molecule has 7 nitrogen and oxygen atoms in total. The molecule has 0 aliphatic carbocycles. The molecule has 4 rings (SSSR count). The second kappa shape index (κ2) is 10.1. The number of ether oxygens (including phenoxy) is 1. The summed E-state index contributed by atoms with van der Waals surface area (Å²) in [5.41, 5.74) is 3.53. The van der Waals surface area contributed by atoms with E-state index < -0.39 is 5.60 Å². The van der Waals surface area contributed by atoms with Crippen molar-refractivity contribution in [2.24, 2.45) is 0 Å². The standard InChI is InChI=1S/C27H26BrClN4O3/c1-15-7-6-8-18(9-15)14-36-22-10-17(3)33(25(34)23(22)28)21-11-20(30-13-19(21)29)24-16(2)12-31-26(32-24)27(4,5)35/h6-13,35H,14H2,1-5H3. The van der Waals surface area contributed by atoms with Gasteiger partial charge in [0, 0.05) is 24.2 Å². The van der Waals surface area contributed by atoms with Crippen LogP contribution in [-0.2, 0) is 12.2 Å². The molecule has 0 atom stereocenters. The van der Waals surface area contributed by atoms with Gasteiger partial charge >= 0.3 is 0 Å². The van der Waals surface area contributed by atoms with Gasteiger partial charge in [-0.1, -0.05) is 41.4 Å². The molecule has 3 heterocycles. The van der Waals surface area contributed by atoms with Crippen LogP contribution in [0.3, 0.4) is 0 Å². The molecule has 0 aliphatic rings. The van der Waals surface area contributed by atoms with E-state index in [9.17, 15) is 9.90 Å². The van der Waals surface area contributed by atoms with Crippen molar-refractivity contribution in [3.05, 3.63) is 96.8 Å². The Bertz CT molecular complexity index is 1510. The van der Waals surface area contributed by atoms with Crippen LogP contribution in [0.25, 0.3) is 17.1 Å². The molecule has 4 aromatic rings. The van der Waals surface area contributed by atoms with Crippen molar-refractivity contribution in [1.29, 1.82) is 0 Å². The maximum Gasteiger partial charge on any atom is 0.273 e. The topological polar surface area (TPSA) is 90.1 Å². The SMILES string of the molecule is Cc1cccc(COc2cc(C)n(-c3cc(-c4nc(C(C)(C)O)ncc4C)ncc3Cl)c(=O)c2Br)c1. The molecule has 0 amide bonds. The molecular formula is C27H26BrClN4O3. The summed E-state index contributed by atoms with van der Waals surface area (Å²) in [6, 6.07) is 11.5. The van der Waals surface area contributed by atoms with Crippen LogP contribution in [0.2, 0.25) is 5.02 Å². The number of aliphatic hydroxyl groups is 1. The van der Waals surface area contributed by atoms with Crippen LogP contribution in [0.5, 0.6) is 5.75 Å². The lowest BCUT2D eigenvalue weighted by atomic mass is 10.1. The van der Waals surface area contributed by atoms with Crippen LogP contribution in [-0.4, -0.2) is 24.6 Å². The number of nitrogens with zero attached hydrogens (tertiary/aromatic N) is 4. The molecule has 0 spiro atoms. The Kier molecular flexibility index (Phi) is 7.31. The van der Waals surface area contributed by atoms with E-state index >= 15 is 0 Å². The first kappa shape index (κ1) is 26.0. The lowest BCUT2D eigenvalue weighted by molar-refractivity contribution is 0.0688. The first-order chi connectivity index (χ1) is 17.0. The Hall–Kier alpha value is -3.07. The third-order valence-corrected chi connectivity index (χ3v) is 6.64. The Morgan fingerprint density at radius 3 is 2.56 bits per heavy atom. The van der Waals surface area contributed by atoms with Crippen molar-refractivity contribution in [3.63, 3.8) is 0 Å². The molecule has 0 unspecified atom stereocenters. The van der Waals surface area contributed by atoms with Gasteiger partial charge in [0.1, 0.15) is 22.4 Å². The highest BCUT2D eigenvalue weighted by atomic mass is 79.9. The van der Waals surface area contributed by atoms with E-state index in [1.54, 1.807) is 32.2 Å². The normalized spacial score (nSPS) is 11.6. The number of aryl methyl sites for hydroxylation is 3. The number of benzene rings is 1. The minimum Gasteiger partial charge on any atom is -0.487 e. The highest BCUT2D eigenvalue weighted by Crippen LogP contribution is 2.30. The number of aromatic nitrogens is 4. The molecule has 3 aromatic heterocycles. The van der Waals surface area contributed by atoms with Gasteiger partial charge in [-0.15, -0.1) is 0 Å². The van der Waals surface area contributed by atoms with Crippen LogP contribution in [0.1, 0.15) is 42.1 Å². The summed E-state index contributed by atoms with van der Waals surface area (Å²) in [6.07, 6.45) is 3.12. The van der Waals surface area contributed by atoms with Gasteiger partial charge in [0.05, 0.1) is 22.1 Å². The highest BCUT2D eigenvalue weighted by molar-refractivity contribution is 9.10. The zero-order valence-corrected chi connectivity index (χ0v) is 23.0. The van der Waals surface area contributed by atoms with Crippen LogP contribution < -0.4 is 10.3 Å². The molecule has 0 radical (unpaired) electrons. The first-order valence-electron chi connectivity index (χ1n) is 11.3. The molecule has 0 saturated carbocycles. The summed E-state index contributed by atoms with van der Waals surface area (Å²) in [5.74, 6) is 0.717. The third kappa shape index (κ3) is 5.36. The fourth-order valence-electron chi connectivity index (χ4n) is 3.77. The lowest BCUT2D eigenvalue weighted by Gasteiger charge is -2.18. The smallest absolute Gasteiger partial charge is 0.273 e. The minimum absolute atomic E-state index is 0.271. The summed E-state index contributed by atoms with van der Waals surface area (Å²) in [6.45, 7) is 9.25. The predicted octanol–water partition coefficient (Wildman–Crippen LogP) is 5.84. The predicted molar refractivity (Wildman–Crippen MR) is 144 cm³/mol. The maximum absolute atomic E-state index is 13.4. The van der Waals surface area contributed by atoms with Crippen molar-refractivity contribution in [1.82, 2.24) is 19.5 Å². The molecule has 36 heavy (non-hydrogen) atoms. The number of hydrogen-bond donors (Lipinski definition) is 1. The number of rotatable bonds is 6. The summed E-state index contributed by atoms with van der Waals surface area (Å²) in [4.78, 5) is 26.6. The van der Waals surface area contributed by atoms with Gasteiger partial charge in [-0.2, -0.15) is 0 Å². The summed E-state index contributed by atoms with van der Waals surface area (Å²) >= 11 is 9.93. The van der Waals surface area contributed by atoms with Gasteiger partial charge in [-0.3, -0.25) is 14.3 Å². The van der Waals surface area contributed by atoms with E-state index in [1.807, 2.05) is 45.0 Å². The van der Waals surface area contributed by atoms with E-state index in [4.69, 9.17) is 16.3 Å². The molecule has 0 fully saturated rings. The van der Waals surface area contributed by atoms with Crippen molar-refractivity contribution in [2.45, 2.75) is 46.8 Å². The summed E-state index contributed by atoms with van der Waals surface area (Å²) in [5, 5.41) is 10.7. The van der Waals surface area contributed by atoms with Crippen molar-refractivity contribution < 1.29 is 9.84 Å². The first-order valence-corrected chi connectivity index (χ1v) is 12.5. The summed E-state index contributed by atoms with van der Waals surface area (Å²) < 4.78 is 7.76. The molecule has 0 aliphatic heterocycles. The third-order valence-electron chi connectivity index (χ3n) is 5.61. The fourth-order valence-corrected chi connectivity index (χ4v) is 4.37. The second-order valence-electron chi connectivity index (χ2n) is 9.19. The van der Waals surface area contributed by atoms with Gasteiger partial charge in [-0.25, -0.2) is 9.97 Å². The van der Waals surface area contributed by atoms with Crippen LogP contribution >= 0.6 is 27.5 Å². The largest absolute Gasteiger partial charge is 0.487 e. The Morgan fingerprint density at radius 1 is 1.11 bits per heavy atom. The van der Waals surface area contributed by atoms with Gasteiger partial charge in [0.25, 0.3) is 5.56 Å². The second-order valence-corrected chi connectivity index (χ2v) is 10.4. The highest BCUT2D eigenvalue weighted by Gasteiger charge is 2.22. The average Bonchev–Trinajstić information content (AvgIpc) is 2.81.